The molecule has 7 heteroatoms. The Labute approximate surface area is 133 Å². The molecule has 1 aromatic carbocycles. The molecule has 0 aliphatic rings. The average Bonchev–Trinajstić information content (AvgIpc) is 3.15. The predicted molar refractivity (Wildman–Crippen MR) is 84.7 cm³/mol. The molecule has 3 rings (SSSR count). The third-order valence-corrected chi connectivity index (χ3v) is 3.60. The van der Waals surface area contributed by atoms with Gasteiger partial charge in [-0.3, -0.25) is 9.89 Å². The van der Waals surface area contributed by atoms with Crippen LogP contribution in [0.1, 0.15) is 50.1 Å². The summed E-state index contributed by atoms with van der Waals surface area (Å²) in [5.41, 5.74) is 1.64. The number of nitrogens with zero attached hydrogens (tertiary/aromatic N) is 3. The van der Waals surface area contributed by atoms with Crippen molar-refractivity contribution in [1.82, 2.24) is 25.7 Å². The first kappa shape index (κ1) is 15.2. The molecule has 120 valence electrons. The number of benzene rings is 1. The lowest BCUT2D eigenvalue weighted by Crippen LogP contribution is -2.28. The highest BCUT2D eigenvalue weighted by Crippen LogP contribution is 2.17. The van der Waals surface area contributed by atoms with E-state index in [9.17, 15) is 4.79 Å². The maximum Gasteiger partial charge on any atom is 0.248 e. The fourth-order valence-electron chi connectivity index (χ4n) is 2.32. The third-order valence-electron chi connectivity index (χ3n) is 3.60. The zero-order valence-electron chi connectivity index (χ0n) is 13.3. The number of amides is 1. The van der Waals surface area contributed by atoms with E-state index in [4.69, 9.17) is 4.52 Å². The van der Waals surface area contributed by atoms with Gasteiger partial charge in [0.25, 0.3) is 0 Å². The van der Waals surface area contributed by atoms with Crippen molar-refractivity contribution < 1.29 is 9.32 Å². The van der Waals surface area contributed by atoms with Gasteiger partial charge >= 0.3 is 0 Å². The Kier molecular flexibility index (Phi) is 4.10. The smallest absolute Gasteiger partial charge is 0.248 e. The van der Waals surface area contributed by atoms with Crippen LogP contribution in [0.25, 0.3) is 10.9 Å². The summed E-state index contributed by atoms with van der Waals surface area (Å²) in [6, 6.07) is 7.35. The van der Waals surface area contributed by atoms with Gasteiger partial charge in [-0.15, -0.1) is 0 Å². The highest BCUT2D eigenvalue weighted by molar-refractivity contribution is 5.87. The van der Waals surface area contributed by atoms with Crippen LogP contribution < -0.4 is 5.32 Å². The summed E-state index contributed by atoms with van der Waals surface area (Å²) in [5.74, 6) is 1.11. The Balaban J connectivity index is 1.66. The van der Waals surface area contributed by atoms with Crippen LogP contribution in [0, 0.1) is 0 Å². The summed E-state index contributed by atoms with van der Waals surface area (Å²) in [4.78, 5) is 16.5. The van der Waals surface area contributed by atoms with Crippen molar-refractivity contribution in [3.63, 3.8) is 0 Å². The number of para-hydroxylation sites is 1. The highest BCUT2D eigenvalue weighted by atomic mass is 16.5. The van der Waals surface area contributed by atoms with Gasteiger partial charge in [-0.2, -0.15) is 10.1 Å². The number of carbonyl (C=O) groups is 1. The Hall–Kier alpha value is -2.70. The van der Waals surface area contributed by atoms with Gasteiger partial charge in [-0.25, -0.2) is 0 Å². The maximum absolute atomic E-state index is 12.2. The minimum atomic E-state index is -0.336. The van der Waals surface area contributed by atoms with Crippen LogP contribution >= 0.6 is 0 Å². The second-order valence-corrected chi connectivity index (χ2v) is 5.83. The topological polar surface area (TPSA) is 96.7 Å². The Bertz CT molecular complexity index is 821. The second-order valence-electron chi connectivity index (χ2n) is 5.83. The molecule has 0 spiro atoms. The zero-order valence-corrected chi connectivity index (χ0v) is 13.3. The number of aromatic amines is 1. The van der Waals surface area contributed by atoms with Crippen molar-refractivity contribution in [2.75, 3.05) is 0 Å². The normalized spacial score (nSPS) is 12.7. The van der Waals surface area contributed by atoms with Crippen LogP contribution in [0.15, 0.2) is 28.8 Å². The Morgan fingerprint density at radius 2 is 2.09 bits per heavy atom. The predicted octanol–water partition coefficient (Wildman–Crippen LogP) is 2.49. The molecule has 0 radical (unpaired) electrons. The molecule has 1 unspecified atom stereocenters. The van der Waals surface area contributed by atoms with Crippen molar-refractivity contribution in [2.45, 2.75) is 39.2 Å². The first-order chi connectivity index (χ1) is 11.0. The van der Waals surface area contributed by atoms with Gasteiger partial charge < -0.3 is 9.84 Å². The molecule has 0 fully saturated rings. The van der Waals surface area contributed by atoms with Gasteiger partial charge in [0.05, 0.1) is 17.6 Å². The van der Waals surface area contributed by atoms with Gasteiger partial charge in [0, 0.05) is 11.3 Å². The number of nitrogens with one attached hydrogen (secondary N) is 2. The molecule has 0 bridgehead atoms. The summed E-state index contributed by atoms with van der Waals surface area (Å²) in [6.07, 6.45) is 0.218. The van der Waals surface area contributed by atoms with Gasteiger partial charge in [0.2, 0.25) is 11.8 Å². The summed E-state index contributed by atoms with van der Waals surface area (Å²) in [5, 5.41) is 14.8. The van der Waals surface area contributed by atoms with Crippen LogP contribution in [0.3, 0.4) is 0 Å². The molecule has 0 saturated heterocycles. The van der Waals surface area contributed by atoms with E-state index in [2.05, 4.69) is 25.7 Å². The first-order valence-corrected chi connectivity index (χ1v) is 7.59. The standard InChI is InChI=1S/C16H19N5O2/c1-9(2)15-18-16(23-21-15)10(3)17-14(22)8-13-11-6-4-5-7-12(11)19-20-13/h4-7,9-10H,8H2,1-3H3,(H,17,22)(H,19,20). The van der Waals surface area contributed by atoms with E-state index >= 15 is 0 Å². The number of rotatable bonds is 5. The molecule has 2 aromatic heterocycles. The lowest BCUT2D eigenvalue weighted by Gasteiger charge is -2.09. The minimum absolute atomic E-state index is 0.129. The lowest BCUT2D eigenvalue weighted by molar-refractivity contribution is -0.121. The van der Waals surface area contributed by atoms with Crippen molar-refractivity contribution in [3.8, 4) is 0 Å². The highest BCUT2D eigenvalue weighted by Gasteiger charge is 2.18. The van der Waals surface area contributed by atoms with Crippen LogP contribution in [-0.4, -0.2) is 26.2 Å². The monoisotopic (exact) mass is 313 g/mol. The van der Waals surface area contributed by atoms with Crippen molar-refractivity contribution >= 4 is 16.8 Å². The van der Waals surface area contributed by atoms with Gasteiger partial charge in [0.15, 0.2) is 5.82 Å². The second kappa shape index (κ2) is 6.20. The molecule has 2 N–H and O–H groups in total. The van der Waals surface area contributed by atoms with E-state index in [1.807, 2.05) is 45.0 Å². The average molecular weight is 313 g/mol. The number of carbonyl (C=O) groups excluding carboxylic acids is 1. The Morgan fingerprint density at radius 3 is 2.83 bits per heavy atom. The van der Waals surface area contributed by atoms with Gasteiger partial charge in [-0.05, 0) is 13.0 Å². The number of hydrogen-bond acceptors (Lipinski definition) is 5. The lowest BCUT2D eigenvalue weighted by atomic mass is 10.1. The van der Waals surface area contributed by atoms with E-state index < -0.39 is 0 Å². The summed E-state index contributed by atoms with van der Waals surface area (Å²) in [6.45, 7) is 5.79. The van der Waals surface area contributed by atoms with Crippen molar-refractivity contribution in [2.24, 2.45) is 0 Å². The summed E-state index contributed by atoms with van der Waals surface area (Å²) >= 11 is 0. The third kappa shape index (κ3) is 3.23. The molecule has 1 atom stereocenters. The molecule has 3 aromatic rings. The van der Waals surface area contributed by atoms with E-state index in [0.717, 1.165) is 16.6 Å². The SMILES string of the molecule is CC(C)c1noc(C(C)NC(=O)Cc2[nH]nc3ccccc23)n1. The van der Waals surface area contributed by atoms with E-state index in [1.165, 1.54) is 0 Å². The molecular formula is C16H19N5O2. The summed E-state index contributed by atoms with van der Waals surface area (Å²) < 4.78 is 5.20. The molecule has 1 amide bonds. The van der Waals surface area contributed by atoms with E-state index in [-0.39, 0.29) is 24.3 Å². The fourth-order valence-corrected chi connectivity index (χ4v) is 2.32. The number of H-pyrrole nitrogens is 1. The summed E-state index contributed by atoms with van der Waals surface area (Å²) in [7, 11) is 0. The van der Waals surface area contributed by atoms with Gasteiger partial charge in [0.1, 0.15) is 6.04 Å². The largest absolute Gasteiger partial charge is 0.344 e. The van der Waals surface area contributed by atoms with Crippen LogP contribution in [0.5, 0.6) is 0 Å². The number of hydrogen-bond donors (Lipinski definition) is 2. The zero-order chi connectivity index (χ0) is 16.4. The van der Waals surface area contributed by atoms with E-state index in [0.29, 0.717) is 11.7 Å². The molecule has 23 heavy (non-hydrogen) atoms. The maximum atomic E-state index is 12.2. The molecule has 0 aliphatic carbocycles. The fraction of sp³-hybridized carbons (Fsp3) is 0.375. The molecular weight excluding hydrogens is 294 g/mol. The Morgan fingerprint density at radius 1 is 1.30 bits per heavy atom. The van der Waals surface area contributed by atoms with E-state index in [1.54, 1.807) is 0 Å². The number of fused-ring (bicyclic) bond motifs is 1. The minimum Gasteiger partial charge on any atom is -0.344 e. The molecule has 0 aliphatic heterocycles. The van der Waals surface area contributed by atoms with Gasteiger partial charge in [-0.1, -0.05) is 37.2 Å². The van der Waals surface area contributed by atoms with Crippen molar-refractivity contribution in [3.05, 3.63) is 41.7 Å². The van der Waals surface area contributed by atoms with Crippen molar-refractivity contribution in [1.29, 1.82) is 0 Å². The van der Waals surface area contributed by atoms with Crippen LogP contribution in [-0.2, 0) is 11.2 Å². The van der Waals surface area contributed by atoms with Crippen LogP contribution in [0.2, 0.25) is 0 Å². The van der Waals surface area contributed by atoms with Crippen LogP contribution in [0.4, 0.5) is 0 Å². The number of aromatic nitrogens is 4. The quantitative estimate of drug-likeness (QED) is 0.754. The molecule has 0 saturated carbocycles. The first-order valence-electron chi connectivity index (χ1n) is 7.59. The molecule has 7 nitrogen and oxygen atoms in total. The molecule has 2 heterocycles.